The highest BCUT2D eigenvalue weighted by molar-refractivity contribution is 5.27. The lowest BCUT2D eigenvalue weighted by atomic mass is 9.83. The molecule has 0 aliphatic heterocycles. The summed E-state index contributed by atoms with van der Waals surface area (Å²) in [6.07, 6.45) is 7.53. The lowest BCUT2D eigenvalue weighted by Gasteiger charge is -2.23. The smallest absolute Gasteiger partial charge is 0.164 e. The van der Waals surface area contributed by atoms with Crippen LogP contribution in [0.3, 0.4) is 0 Å². The number of hydrogen-bond donors (Lipinski definition) is 0. The highest BCUT2D eigenvalue weighted by Crippen LogP contribution is 2.28. The predicted molar refractivity (Wildman–Crippen MR) is 99.9 cm³/mol. The van der Waals surface area contributed by atoms with Crippen LogP contribution < -0.4 is 0 Å². The molecule has 1 nitrogen and oxygen atoms in total. The number of halogens is 1. The normalized spacial score (nSPS) is 17.3. The van der Waals surface area contributed by atoms with Crippen molar-refractivity contribution >= 4 is 0 Å². The minimum atomic E-state index is -0.431. The summed E-state index contributed by atoms with van der Waals surface area (Å²) in [5, 5.41) is 0. The molecule has 0 aliphatic carbocycles. The Balaban J connectivity index is 4.28. The second-order valence-electron chi connectivity index (χ2n) is 7.22. The average molecular weight is 325 g/mol. The van der Waals surface area contributed by atoms with Gasteiger partial charge in [-0.2, -0.15) is 0 Å². The number of methoxy groups -OCH3 is 1. The summed E-state index contributed by atoms with van der Waals surface area (Å²) in [7, 11) is 1.42. The zero-order valence-electron chi connectivity index (χ0n) is 16.1. The van der Waals surface area contributed by atoms with Crippen LogP contribution in [0.4, 0.5) is 4.39 Å². The molecule has 0 aromatic heterocycles. The minimum Gasteiger partial charge on any atom is -0.494 e. The Morgan fingerprint density at radius 2 is 1.52 bits per heavy atom. The first-order valence-corrected chi connectivity index (χ1v) is 9.02. The van der Waals surface area contributed by atoms with E-state index in [1.807, 2.05) is 0 Å². The van der Waals surface area contributed by atoms with Gasteiger partial charge in [-0.15, -0.1) is 0 Å². The first-order chi connectivity index (χ1) is 10.7. The quantitative estimate of drug-likeness (QED) is 0.275. The van der Waals surface area contributed by atoms with E-state index < -0.39 is 5.83 Å². The van der Waals surface area contributed by atoms with Gasteiger partial charge in [0.2, 0.25) is 0 Å². The third-order valence-electron chi connectivity index (χ3n) is 5.30. The van der Waals surface area contributed by atoms with Crippen molar-refractivity contribution in [2.75, 3.05) is 7.11 Å². The molecule has 0 rings (SSSR count). The third-order valence-corrected chi connectivity index (χ3v) is 5.30. The fourth-order valence-corrected chi connectivity index (χ4v) is 2.50. The van der Waals surface area contributed by atoms with E-state index in [2.05, 4.69) is 47.8 Å². The molecule has 0 saturated carbocycles. The van der Waals surface area contributed by atoms with Gasteiger partial charge in [0.05, 0.1) is 7.11 Å². The van der Waals surface area contributed by atoms with Gasteiger partial charge in [-0.25, -0.2) is 4.39 Å². The van der Waals surface area contributed by atoms with E-state index in [4.69, 9.17) is 4.74 Å². The molecule has 0 N–H and O–H groups in total. The first kappa shape index (κ1) is 21.9. The average Bonchev–Trinajstić information content (AvgIpc) is 2.55. The molecule has 0 amide bonds. The molecule has 0 aromatic rings. The topological polar surface area (TPSA) is 9.23 Å². The van der Waals surface area contributed by atoms with Crippen LogP contribution in [0.15, 0.2) is 36.4 Å². The third kappa shape index (κ3) is 8.98. The van der Waals surface area contributed by atoms with Crippen LogP contribution in [0.25, 0.3) is 0 Å². The van der Waals surface area contributed by atoms with E-state index in [0.29, 0.717) is 5.92 Å². The molecule has 0 radical (unpaired) electrons. The van der Waals surface area contributed by atoms with Crippen molar-refractivity contribution in [1.82, 2.24) is 0 Å². The molecule has 0 spiro atoms. The zero-order chi connectivity index (χ0) is 18.0. The number of rotatable bonds is 12. The molecule has 0 fully saturated rings. The Labute approximate surface area is 143 Å². The molecule has 23 heavy (non-hydrogen) atoms. The molecule has 0 aliphatic rings. The zero-order valence-corrected chi connectivity index (χ0v) is 16.1. The van der Waals surface area contributed by atoms with Crippen LogP contribution in [0.5, 0.6) is 0 Å². The van der Waals surface area contributed by atoms with E-state index in [-0.39, 0.29) is 11.7 Å². The standard InChI is InChI=1S/C21H37FO/c1-9-15(2)10-11-16(3)17(4)12-13-18(5)19(6)14-21(22)20(7)23-8/h14-18H,6-7,9-13H2,1-5,8H3/b21-14+. The fourth-order valence-electron chi connectivity index (χ4n) is 2.50. The fraction of sp³-hybridized carbons (Fsp3) is 0.714. The monoisotopic (exact) mass is 324 g/mol. The molecule has 134 valence electrons. The van der Waals surface area contributed by atoms with Gasteiger partial charge in [0.1, 0.15) is 5.76 Å². The highest BCUT2D eigenvalue weighted by Gasteiger charge is 2.16. The van der Waals surface area contributed by atoms with Gasteiger partial charge in [-0.3, -0.25) is 0 Å². The molecular weight excluding hydrogens is 287 g/mol. The Bertz CT molecular complexity index is 397. The van der Waals surface area contributed by atoms with Crippen molar-refractivity contribution in [2.24, 2.45) is 23.7 Å². The van der Waals surface area contributed by atoms with Gasteiger partial charge >= 0.3 is 0 Å². The predicted octanol–water partition coefficient (Wildman–Crippen LogP) is 7.07. The van der Waals surface area contributed by atoms with Crippen LogP contribution in [-0.2, 0) is 4.74 Å². The van der Waals surface area contributed by atoms with Crippen molar-refractivity contribution in [3.8, 4) is 0 Å². The van der Waals surface area contributed by atoms with Crippen LogP contribution in [0.2, 0.25) is 0 Å². The summed E-state index contributed by atoms with van der Waals surface area (Å²) < 4.78 is 18.5. The molecule has 4 unspecified atom stereocenters. The second kappa shape index (κ2) is 11.5. The van der Waals surface area contributed by atoms with E-state index in [0.717, 1.165) is 30.3 Å². The molecule has 2 heteroatoms. The molecule has 0 aromatic carbocycles. The minimum absolute atomic E-state index is 0.0605. The second-order valence-corrected chi connectivity index (χ2v) is 7.22. The number of allylic oxidation sites excluding steroid dienone is 3. The Morgan fingerprint density at radius 3 is 2.00 bits per heavy atom. The number of ether oxygens (including phenoxy) is 1. The van der Waals surface area contributed by atoms with E-state index in [1.165, 1.54) is 32.4 Å². The van der Waals surface area contributed by atoms with Gasteiger partial charge in [0.15, 0.2) is 5.83 Å². The first-order valence-electron chi connectivity index (χ1n) is 9.02. The SMILES string of the molecule is C=C(OC)/C(F)=C\C(=C)C(C)CCC(C)C(C)CCC(C)CC. The van der Waals surface area contributed by atoms with Crippen molar-refractivity contribution < 1.29 is 9.13 Å². The Hall–Kier alpha value is -1.05. The highest BCUT2D eigenvalue weighted by atomic mass is 19.1. The van der Waals surface area contributed by atoms with Gasteiger partial charge in [0.25, 0.3) is 0 Å². The summed E-state index contributed by atoms with van der Waals surface area (Å²) in [6, 6.07) is 0. The summed E-state index contributed by atoms with van der Waals surface area (Å²) in [4.78, 5) is 0. The summed E-state index contributed by atoms with van der Waals surface area (Å²) in [5.41, 5.74) is 0.806. The molecule has 0 bridgehead atoms. The molecule has 0 heterocycles. The maximum atomic E-state index is 13.7. The van der Waals surface area contributed by atoms with Crippen LogP contribution in [0.1, 0.15) is 66.7 Å². The van der Waals surface area contributed by atoms with Crippen molar-refractivity contribution in [3.05, 3.63) is 36.4 Å². The van der Waals surface area contributed by atoms with Crippen LogP contribution >= 0.6 is 0 Å². The maximum Gasteiger partial charge on any atom is 0.164 e. The van der Waals surface area contributed by atoms with E-state index in [9.17, 15) is 4.39 Å². The molecular formula is C21H37FO. The Kier molecular flexibility index (Phi) is 11.0. The summed E-state index contributed by atoms with van der Waals surface area (Å²) in [5.74, 6) is 2.16. The van der Waals surface area contributed by atoms with Crippen molar-refractivity contribution in [2.45, 2.75) is 66.7 Å². The Morgan fingerprint density at radius 1 is 1.00 bits per heavy atom. The lowest BCUT2D eigenvalue weighted by molar-refractivity contribution is 0.284. The van der Waals surface area contributed by atoms with Gasteiger partial charge in [0, 0.05) is 0 Å². The summed E-state index contributed by atoms with van der Waals surface area (Å²) in [6.45, 7) is 18.9. The van der Waals surface area contributed by atoms with Crippen molar-refractivity contribution in [3.63, 3.8) is 0 Å². The van der Waals surface area contributed by atoms with Crippen molar-refractivity contribution in [1.29, 1.82) is 0 Å². The molecule has 0 saturated heterocycles. The van der Waals surface area contributed by atoms with E-state index >= 15 is 0 Å². The maximum absolute atomic E-state index is 13.7. The largest absolute Gasteiger partial charge is 0.494 e. The van der Waals surface area contributed by atoms with Crippen LogP contribution in [0, 0.1) is 23.7 Å². The van der Waals surface area contributed by atoms with Gasteiger partial charge in [-0.1, -0.05) is 67.0 Å². The number of hydrogen-bond acceptors (Lipinski definition) is 1. The lowest BCUT2D eigenvalue weighted by Crippen LogP contribution is -2.11. The van der Waals surface area contributed by atoms with E-state index in [1.54, 1.807) is 0 Å². The van der Waals surface area contributed by atoms with Crippen LogP contribution in [-0.4, -0.2) is 7.11 Å². The molecule has 4 atom stereocenters. The van der Waals surface area contributed by atoms with Gasteiger partial charge in [-0.05, 0) is 48.2 Å². The summed E-state index contributed by atoms with van der Waals surface area (Å²) >= 11 is 0. The van der Waals surface area contributed by atoms with Gasteiger partial charge < -0.3 is 4.74 Å².